The van der Waals surface area contributed by atoms with Crippen molar-refractivity contribution in [2.24, 2.45) is 5.73 Å². The quantitative estimate of drug-likeness (QED) is 0.489. The van der Waals surface area contributed by atoms with Gasteiger partial charge < -0.3 is 24.3 Å². The number of rotatable bonds is 9. The van der Waals surface area contributed by atoms with Crippen LogP contribution >= 0.6 is 8.53 Å². The number of nitrogens with one attached hydrogen (secondary N) is 1. The molecule has 0 spiro atoms. The minimum atomic E-state index is -1.53. The van der Waals surface area contributed by atoms with Crippen molar-refractivity contribution >= 4 is 14.5 Å². The Kier molecular flexibility index (Phi) is 7.85. The molecule has 4 unspecified atom stereocenters. The molecule has 1 saturated heterocycles. The average molecular weight is 396 g/mol. The van der Waals surface area contributed by atoms with E-state index in [1.54, 1.807) is 6.92 Å². The van der Waals surface area contributed by atoms with Crippen LogP contribution in [-0.4, -0.2) is 37.1 Å². The first-order valence-corrected chi connectivity index (χ1v) is 10.8. The molecule has 2 fully saturated rings. The molecule has 150 valence electrons. The Morgan fingerprint density at radius 1 is 1.26 bits per heavy atom. The van der Waals surface area contributed by atoms with Crippen LogP contribution in [0, 0.1) is 0 Å². The molecule has 0 radical (unpaired) electrons. The van der Waals surface area contributed by atoms with Gasteiger partial charge >= 0.3 is 14.5 Å². The number of carbonyl (C=O) groups excluding carboxylic acids is 1. The maximum Gasteiger partial charge on any atom is 0.323 e. The molecule has 0 bridgehead atoms. The molecule has 27 heavy (non-hydrogen) atoms. The van der Waals surface area contributed by atoms with Crippen molar-refractivity contribution in [1.82, 2.24) is 5.09 Å². The number of ether oxygens (including phenoxy) is 2. The van der Waals surface area contributed by atoms with Gasteiger partial charge in [-0.2, -0.15) is 0 Å². The Hall–Kier alpha value is -1.24. The second kappa shape index (κ2) is 10.3. The molecule has 1 saturated carbocycles. The first-order chi connectivity index (χ1) is 13.1. The van der Waals surface area contributed by atoms with Crippen LogP contribution in [0.1, 0.15) is 45.4 Å². The number of hydrogen-bond donors (Lipinski definition) is 2. The summed E-state index contributed by atoms with van der Waals surface area (Å²) in [6, 6.07) is 8.87. The van der Waals surface area contributed by atoms with Crippen molar-refractivity contribution in [1.29, 1.82) is 0 Å². The van der Waals surface area contributed by atoms with E-state index in [2.05, 4.69) is 5.09 Å². The Balaban J connectivity index is 1.53. The molecule has 1 aliphatic heterocycles. The van der Waals surface area contributed by atoms with E-state index < -0.39 is 14.6 Å². The van der Waals surface area contributed by atoms with Gasteiger partial charge in [-0.15, -0.1) is 0 Å². The minimum Gasteiger partial charge on any atom is -0.461 e. The zero-order valence-electron chi connectivity index (χ0n) is 15.7. The fourth-order valence-electron chi connectivity index (χ4n) is 3.16. The lowest BCUT2D eigenvalue weighted by atomic mass is 10.2. The Morgan fingerprint density at radius 3 is 2.67 bits per heavy atom. The molecule has 3 N–H and O–H groups in total. The lowest BCUT2D eigenvalue weighted by molar-refractivity contribution is -0.150. The SMILES string of the molecule is CC(NP(OCC1CCC(N)O1)Oc1ccccc1)C(=O)OC1CCCC1. The van der Waals surface area contributed by atoms with Crippen LogP contribution in [0.25, 0.3) is 0 Å². The summed E-state index contributed by atoms with van der Waals surface area (Å²) in [4.78, 5) is 12.4. The van der Waals surface area contributed by atoms with Gasteiger partial charge in [0.05, 0.1) is 12.7 Å². The molecule has 4 atom stereocenters. The predicted molar refractivity (Wildman–Crippen MR) is 103 cm³/mol. The molecule has 0 amide bonds. The second-order valence-electron chi connectivity index (χ2n) is 7.03. The van der Waals surface area contributed by atoms with Gasteiger partial charge in [-0.1, -0.05) is 18.2 Å². The van der Waals surface area contributed by atoms with Gasteiger partial charge in [0.25, 0.3) is 0 Å². The van der Waals surface area contributed by atoms with Gasteiger partial charge in [0.2, 0.25) is 0 Å². The highest BCUT2D eigenvalue weighted by Crippen LogP contribution is 2.37. The van der Waals surface area contributed by atoms with E-state index in [1.165, 1.54) is 0 Å². The fraction of sp³-hybridized carbons (Fsp3) is 0.632. The van der Waals surface area contributed by atoms with Crippen LogP contribution in [0.5, 0.6) is 5.75 Å². The third kappa shape index (κ3) is 6.70. The summed E-state index contributed by atoms with van der Waals surface area (Å²) < 4.78 is 23.0. The van der Waals surface area contributed by atoms with Gasteiger partial charge in [0, 0.05) is 0 Å². The predicted octanol–water partition coefficient (Wildman–Crippen LogP) is 3.24. The van der Waals surface area contributed by atoms with Gasteiger partial charge in [-0.05, 0) is 57.6 Å². The maximum absolute atomic E-state index is 12.4. The average Bonchev–Trinajstić information content (AvgIpc) is 3.32. The van der Waals surface area contributed by atoms with Gasteiger partial charge in [0.15, 0.2) is 0 Å². The standard InChI is InChI=1S/C19H29N2O5P/c1-14(19(22)25-15-7-5-6-8-15)21-27(26-16-9-3-2-4-10-16)23-13-17-11-12-18(20)24-17/h2-4,9-10,14-15,17-18,21H,5-8,11-13,20H2,1H3. The number of carbonyl (C=O) groups is 1. The molecule has 1 aliphatic carbocycles. The highest BCUT2D eigenvalue weighted by molar-refractivity contribution is 7.45. The van der Waals surface area contributed by atoms with Crippen LogP contribution < -0.4 is 15.3 Å². The van der Waals surface area contributed by atoms with E-state index >= 15 is 0 Å². The van der Waals surface area contributed by atoms with Crippen molar-refractivity contribution in [3.8, 4) is 5.75 Å². The molecule has 7 nitrogen and oxygen atoms in total. The zero-order valence-corrected chi connectivity index (χ0v) is 16.6. The van der Waals surface area contributed by atoms with Crippen molar-refractivity contribution < 1.29 is 23.3 Å². The van der Waals surface area contributed by atoms with Crippen molar-refractivity contribution in [3.05, 3.63) is 30.3 Å². The zero-order chi connectivity index (χ0) is 19.1. The Bertz CT molecular complexity index is 585. The minimum absolute atomic E-state index is 0.0392. The maximum atomic E-state index is 12.4. The monoisotopic (exact) mass is 396 g/mol. The molecule has 1 aromatic carbocycles. The fourth-order valence-corrected chi connectivity index (χ4v) is 4.37. The molecule has 3 rings (SSSR count). The normalized spacial score (nSPS) is 25.3. The van der Waals surface area contributed by atoms with Gasteiger partial charge in [-0.3, -0.25) is 4.79 Å². The Labute approximate surface area is 161 Å². The third-order valence-corrected chi connectivity index (χ3v) is 6.05. The highest BCUT2D eigenvalue weighted by Gasteiger charge is 2.28. The summed E-state index contributed by atoms with van der Waals surface area (Å²) in [7, 11) is -1.53. The van der Waals surface area contributed by atoms with Gasteiger partial charge in [-0.25, -0.2) is 5.09 Å². The molecule has 0 aromatic heterocycles. The molecular weight excluding hydrogens is 367 g/mol. The lowest BCUT2D eigenvalue weighted by Gasteiger charge is -2.23. The largest absolute Gasteiger partial charge is 0.461 e. The van der Waals surface area contributed by atoms with Crippen molar-refractivity contribution in [2.45, 2.75) is 69.9 Å². The van der Waals surface area contributed by atoms with E-state index in [0.717, 1.165) is 38.5 Å². The van der Waals surface area contributed by atoms with Crippen molar-refractivity contribution in [3.63, 3.8) is 0 Å². The summed E-state index contributed by atoms with van der Waals surface area (Å²) >= 11 is 0. The van der Waals surface area contributed by atoms with Gasteiger partial charge in [0.1, 0.15) is 24.1 Å². The van der Waals surface area contributed by atoms with E-state index in [1.807, 2.05) is 30.3 Å². The summed E-state index contributed by atoms with van der Waals surface area (Å²) in [6.07, 6.45) is 5.58. The van der Waals surface area contributed by atoms with Crippen LogP contribution in [0.3, 0.4) is 0 Å². The van der Waals surface area contributed by atoms with Crippen LogP contribution in [0.15, 0.2) is 30.3 Å². The number of esters is 1. The third-order valence-electron chi connectivity index (χ3n) is 4.69. The van der Waals surface area contributed by atoms with Crippen LogP contribution in [0.2, 0.25) is 0 Å². The number of nitrogens with two attached hydrogens (primary N) is 1. The highest BCUT2D eigenvalue weighted by atomic mass is 31.2. The van der Waals surface area contributed by atoms with E-state index in [4.69, 9.17) is 24.3 Å². The first kappa shape index (κ1) is 20.5. The summed E-state index contributed by atoms with van der Waals surface area (Å²) in [5.74, 6) is 0.408. The topological polar surface area (TPSA) is 92.0 Å². The molecule has 1 aromatic rings. The Morgan fingerprint density at radius 2 is 2.00 bits per heavy atom. The lowest BCUT2D eigenvalue weighted by Crippen LogP contribution is -2.35. The molecule has 1 heterocycles. The number of benzene rings is 1. The molecule has 8 heteroatoms. The van der Waals surface area contributed by atoms with E-state index in [0.29, 0.717) is 12.4 Å². The summed E-state index contributed by atoms with van der Waals surface area (Å²) in [5, 5.41) is 3.13. The van der Waals surface area contributed by atoms with Crippen LogP contribution in [0.4, 0.5) is 0 Å². The second-order valence-corrected chi connectivity index (χ2v) is 8.24. The smallest absolute Gasteiger partial charge is 0.323 e. The molecular formula is C19H29N2O5P. The number of hydrogen-bond acceptors (Lipinski definition) is 7. The molecule has 2 aliphatic rings. The van der Waals surface area contributed by atoms with E-state index in [-0.39, 0.29) is 24.4 Å². The summed E-state index contributed by atoms with van der Waals surface area (Å²) in [6.45, 7) is 2.13. The van der Waals surface area contributed by atoms with Crippen molar-refractivity contribution in [2.75, 3.05) is 6.61 Å². The van der Waals surface area contributed by atoms with Crippen LogP contribution in [-0.2, 0) is 18.8 Å². The summed E-state index contributed by atoms with van der Waals surface area (Å²) in [5.41, 5.74) is 5.77. The number of para-hydroxylation sites is 1. The first-order valence-electron chi connectivity index (χ1n) is 9.64. The van der Waals surface area contributed by atoms with E-state index in [9.17, 15) is 4.79 Å².